The first-order valence-corrected chi connectivity index (χ1v) is 15.0. The summed E-state index contributed by atoms with van der Waals surface area (Å²) >= 11 is 1.56. The number of piperidine rings is 1. The normalized spacial score (nSPS) is 18.4. The van der Waals surface area contributed by atoms with Crippen molar-refractivity contribution in [2.45, 2.75) is 52.0 Å². The summed E-state index contributed by atoms with van der Waals surface area (Å²) in [5.74, 6) is -0.822. The Morgan fingerprint density at radius 3 is 2.52 bits per heavy atom. The number of benzene rings is 1. The van der Waals surface area contributed by atoms with Crippen LogP contribution in [0.25, 0.3) is 16.1 Å². The summed E-state index contributed by atoms with van der Waals surface area (Å²) in [5.41, 5.74) is 4.90. The third kappa shape index (κ3) is 6.06. The predicted molar refractivity (Wildman–Crippen MR) is 160 cm³/mol. The van der Waals surface area contributed by atoms with Gasteiger partial charge in [-0.1, -0.05) is 49.8 Å². The van der Waals surface area contributed by atoms with Gasteiger partial charge in [0.2, 0.25) is 11.8 Å². The molecule has 3 aromatic rings. The SMILES string of the molecule is C=C(NC(=O)[C@@H]1CC(=O)CN1C(=O)[C@@H](c1cc(N2CCC(C=O)CC2)no1)C(C)C)c1ccc(-c2scnc2C)cc1. The zero-order valence-corrected chi connectivity index (χ0v) is 24.9. The second-order valence-corrected chi connectivity index (χ2v) is 12.2. The molecule has 0 radical (unpaired) electrons. The van der Waals surface area contributed by atoms with E-state index in [1.165, 1.54) is 4.90 Å². The summed E-state index contributed by atoms with van der Waals surface area (Å²) in [6.07, 6.45) is 2.42. The maximum atomic E-state index is 13.9. The van der Waals surface area contributed by atoms with E-state index < -0.39 is 17.9 Å². The summed E-state index contributed by atoms with van der Waals surface area (Å²) in [5, 5.41) is 7.02. The fraction of sp³-hybridized carbons (Fsp3) is 0.419. The second kappa shape index (κ2) is 12.4. The first-order valence-electron chi connectivity index (χ1n) is 14.2. The first-order chi connectivity index (χ1) is 20.2. The molecule has 2 aliphatic rings. The molecule has 0 aliphatic carbocycles. The standard InChI is InChI=1S/C31H35N5O5S/c1-18(2)28(26-14-27(34-41-26)35-11-9-21(16-37)10-12-35)31(40)36-15-24(38)13-25(36)30(39)33-19(3)22-5-7-23(8-6-22)29-20(4)32-17-42-29/h5-8,14,16-18,21,25,28H,3,9-13,15H2,1-2,4H3,(H,33,39)/t25-,28+/m0/s1. The quantitative estimate of drug-likeness (QED) is 0.368. The Hall–Kier alpha value is -4.12. The van der Waals surface area contributed by atoms with Gasteiger partial charge in [0.25, 0.3) is 0 Å². The number of nitrogens with zero attached hydrogens (tertiary/aromatic N) is 4. The number of thiazole rings is 1. The van der Waals surface area contributed by atoms with Crippen molar-refractivity contribution < 1.29 is 23.7 Å². The molecule has 2 aromatic heterocycles. The maximum absolute atomic E-state index is 13.9. The van der Waals surface area contributed by atoms with Gasteiger partial charge < -0.3 is 24.4 Å². The molecular formula is C31H35N5O5S. The number of Topliss-reactive ketones (excluding diaryl/α,β-unsaturated/α-hetero) is 1. The van der Waals surface area contributed by atoms with Crippen LogP contribution < -0.4 is 10.2 Å². The molecule has 1 N–H and O–H groups in total. The lowest BCUT2D eigenvalue weighted by atomic mass is 9.91. The van der Waals surface area contributed by atoms with Crippen LogP contribution in [0.15, 0.2) is 46.9 Å². The van der Waals surface area contributed by atoms with E-state index in [4.69, 9.17) is 4.52 Å². The zero-order chi connectivity index (χ0) is 30.0. The van der Waals surface area contributed by atoms with Gasteiger partial charge in [0, 0.05) is 37.2 Å². The number of hydrogen-bond acceptors (Lipinski definition) is 9. The van der Waals surface area contributed by atoms with Crippen LogP contribution in [0.3, 0.4) is 0 Å². The second-order valence-electron chi connectivity index (χ2n) is 11.3. The lowest BCUT2D eigenvalue weighted by Crippen LogP contribution is -2.47. The molecule has 2 aliphatic heterocycles. The number of likely N-dealkylation sites (tertiary alicyclic amines) is 1. The van der Waals surface area contributed by atoms with Gasteiger partial charge >= 0.3 is 0 Å². The maximum Gasteiger partial charge on any atom is 0.247 e. The summed E-state index contributed by atoms with van der Waals surface area (Å²) < 4.78 is 5.65. The van der Waals surface area contributed by atoms with E-state index in [-0.39, 0.29) is 36.5 Å². The van der Waals surface area contributed by atoms with E-state index in [2.05, 4.69) is 22.0 Å². The number of aldehydes is 1. The van der Waals surface area contributed by atoms with E-state index in [1.807, 2.05) is 49.9 Å². The lowest BCUT2D eigenvalue weighted by molar-refractivity contribution is -0.140. The molecule has 42 heavy (non-hydrogen) atoms. The first kappa shape index (κ1) is 29.4. The summed E-state index contributed by atoms with van der Waals surface area (Å²) in [6.45, 7) is 11.0. The molecule has 220 valence electrons. The average molecular weight is 590 g/mol. The van der Waals surface area contributed by atoms with Crippen LogP contribution in [0, 0.1) is 18.8 Å². The molecule has 2 fully saturated rings. The topological polar surface area (TPSA) is 126 Å². The van der Waals surface area contributed by atoms with E-state index in [1.54, 1.807) is 22.9 Å². The van der Waals surface area contributed by atoms with Gasteiger partial charge in [0.05, 0.1) is 22.6 Å². The molecule has 10 nitrogen and oxygen atoms in total. The van der Waals surface area contributed by atoms with Gasteiger partial charge in [-0.05, 0) is 36.8 Å². The fourth-order valence-electron chi connectivity index (χ4n) is 5.62. The van der Waals surface area contributed by atoms with Crippen molar-refractivity contribution in [1.29, 1.82) is 0 Å². The molecule has 0 bridgehead atoms. The minimum Gasteiger partial charge on any atom is -0.358 e. The molecule has 0 unspecified atom stereocenters. The van der Waals surface area contributed by atoms with Crippen LogP contribution >= 0.6 is 11.3 Å². The molecule has 11 heteroatoms. The molecule has 5 rings (SSSR count). The molecule has 1 aromatic carbocycles. The van der Waals surface area contributed by atoms with Crippen molar-refractivity contribution in [2.24, 2.45) is 11.8 Å². The highest BCUT2D eigenvalue weighted by Crippen LogP contribution is 2.33. The van der Waals surface area contributed by atoms with E-state index in [9.17, 15) is 19.2 Å². The van der Waals surface area contributed by atoms with Crippen molar-refractivity contribution in [3.05, 3.63) is 59.4 Å². The Morgan fingerprint density at radius 2 is 1.90 bits per heavy atom. The number of carbonyl (C=O) groups is 4. The minimum absolute atomic E-state index is 0.0527. The van der Waals surface area contributed by atoms with Crippen molar-refractivity contribution in [2.75, 3.05) is 24.5 Å². The number of rotatable bonds is 9. The lowest BCUT2D eigenvalue weighted by Gasteiger charge is -2.29. The number of anilines is 1. The third-order valence-electron chi connectivity index (χ3n) is 8.06. The van der Waals surface area contributed by atoms with E-state index >= 15 is 0 Å². The Balaban J connectivity index is 1.28. The number of aryl methyl sites for hydroxylation is 1. The van der Waals surface area contributed by atoms with Crippen LogP contribution in [0.2, 0.25) is 0 Å². The van der Waals surface area contributed by atoms with Crippen molar-refractivity contribution >= 4 is 46.7 Å². The van der Waals surface area contributed by atoms with Gasteiger partial charge in [-0.2, -0.15) is 0 Å². The van der Waals surface area contributed by atoms with Crippen LogP contribution in [0.4, 0.5) is 5.82 Å². The Kier molecular flexibility index (Phi) is 8.67. The largest absolute Gasteiger partial charge is 0.358 e. The number of hydrogen-bond donors (Lipinski definition) is 1. The number of aromatic nitrogens is 2. The number of nitrogens with one attached hydrogen (secondary N) is 1. The zero-order valence-electron chi connectivity index (χ0n) is 24.0. The number of ketones is 1. The van der Waals surface area contributed by atoms with Gasteiger partial charge in [0.1, 0.15) is 18.2 Å². The van der Waals surface area contributed by atoms with E-state index in [0.29, 0.717) is 30.4 Å². The van der Waals surface area contributed by atoms with Crippen molar-refractivity contribution in [1.82, 2.24) is 20.4 Å². The molecule has 2 atom stereocenters. The Morgan fingerprint density at radius 1 is 1.19 bits per heavy atom. The molecule has 0 spiro atoms. The smallest absolute Gasteiger partial charge is 0.247 e. The van der Waals surface area contributed by atoms with Crippen LogP contribution in [-0.4, -0.2) is 64.6 Å². The highest BCUT2D eigenvalue weighted by Gasteiger charge is 2.43. The van der Waals surface area contributed by atoms with Gasteiger partial charge in [0.15, 0.2) is 17.4 Å². The van der Waals surface area contributed by atoms with Crippen LogP contribution in [-0.2, 0) is 19.2 Å². The van der Waals surface area contributed by atoms with Crippen molar-refractivity contribution in [3.63, 3.8) is 0 Å². The predicted octanol–water partition coefficient (Wildman–Crippen LogP) is 4.22. The summed E-state index contributed by atoms with van der Waals surface area (Å²) in [6, 6.07) is 8.45. The van der Waals surface area contributed by atoms with Gasteiger partial charge in [-0.25, -0.2) is 4.98 Å². The monoisotopic (exact) mass is 589 g/mol. The Labute approximate surface area is 248 Å². The summed E-state index contributed by atoms with van der Waals surface area (Å²) in [7, 11) is 0. The van der Waals surface area contributed by atoms with Gasteiger partial charge in [-0.3, -0.25) is 14.4 Å². The van der Waals surface area contributed by atoms with Crippen LogP contribution in [0.5, 0.6) is 0 Å². The average Bonchev–Trinajstić information content (AvgIpc) is 3.73. The van der Waals surface area contributed by atoms with Gasteiger partial charge in [-0.15, -0.1) is 11.3 Å². The van der Waals surface area contributed by atoms with E-state index in [0.717, 1.165) is 40.8 Å². The molecule has 2 amide bonds. The summed E-state index contributed by atoms with van der Waals surface area (Å²) in [4.78, 5) is 59.7. The fourth-order valence-corrected chi connectivity index (χ4v) is 6.43. The highest BCUT2D eigenvalue weighted by atomic mass is 32.1. The number of carbonyl (C=O) groups excluding carboxylic acids is 4. The number of amides is 2. The van der Waals surface area contributed by atoms with Crippen LogP contribution in [0.1, 0.15) is 56.0 Å². The Bertz CT molecular complexity index is 1490. The van der Waals surface area contributed by atoms with Crippen molar-refractivity contribution in [3.8, 4) is 10.4 Å². The molecule has 4 heterocycles. The minimum atomic E-state index is -0.952. The molecule has 0 saturated carbocycles. The molecular weight excluding hydrogens is 554 g/mol. The molecule has 2 saturated heterocycles. The third-order valence-corrected chi connectivity index (χ3v) is 9.03. The highest BCUT2D eigenvalue weighted by molar-refractivity contribution is 7.13.